The average Bonchev–Trinajstić information content (AvgIpc) is 2.19. The van der Waals surface area contributed by atoms with E-state index in [1.54, 1.807) is 12.1 Å². The molecule has 78 valence electrons. The van der Waals surface area contributed by atoms with Crippen LogP contribution in [0.2, 0.25) is 0 Å². The standard InChI is InChI=1S/C10H14FNO2/c1-2-13-6-7-14-9-5-3-4-8(11)10(9)12/h3-5H,2,6-7,12H2,1H3. The van der Waals surface area contributed by atoms with E-state index in [-0.39, 0.29) is 5.69 Å². The van der Waals surface area contributed by atoms with Crippen molar-refractivity contribution in [2.24, 2.45) is 0 Å². The van der Waals surface area contributed by atoms with Gasteiger partial charge in [-0.2, -0.15) is 0 Å². The summed E-state index contributed by atoms with van der Waals surface area (Å²) < 4.78 is 23.2. The Bertz CT molecular complexity index is 291. The van der Waals surface area contributed by atoms with Crippen LogP contribution in [0.15, 0.2) is 18.2 Å². The van der Waals surface area contributed by atoms with Crippen LogP contribution in [0.25, 0.3) is 0 Å². The first kappa shape index (κ1) is 10.8. The van der Waals surface area contributed by atoms with Crippen molar-refractivity contribution in [2.45, 2.75) is 6.92 Å². The molecule has 0 aliphatic heterocycles. The van der Waals surface area contributed by atoms with Crippen molar-refractivity contribution in [2.75, 3.05) is 25.6 Å². The van der Waals surface area contributed by atoms with Crippen molar-refractivity contribution in [3.63, 3.8) is 0 Å². The summed E-state index contributed by atoms with van der Waals surface area (Å²) in [5, 5.41) is 0. The van der Waals surface area contributed by atoms with E-state index in [1.807, 2.05) is 6.92 Å². The lowest BCUT2D eigenvalue weighted by Crippen LogP contribution is -2.08. The van der Waals surface area contributed by atoms with Crippen LogP contribution in [0.3, 0.4) is 0 Å². The number of rotatable bonds is 5. The van der Waals surface area contributed by atoms with E-state index in [0.717, 1.165) is 0 Å². The minimum Gasteiger partial charge on any atom is -0.489 e. The molecule has 0 aromatic heterocycles. The topological polar surface area (TPSA) is 44.5 Å². The molecule has 4 heteroatoms. The molecule has 0 radical (unpaired) electrons. The number of benzene rings is 1. The lowest BCUT2D eigenvalue weighted by Gasteiger charge is -2.08. The highest BCUT2D eigenvalue weighted by atomic mass is 19.1. The fraction of sp³-hybridized carbons (Fsp3) is 0.400. The molecule has 0 aliphatic rings. The zero-order valence-corrected chi connectivity index (χ0v) is 8.13. The number of ether oxygens (including phenoxy) is 2. The summed E-state index contributed by atoms with van der Waals surface area (Å²) in [6, 6.07) is 4.48. The van der Waals surface area contributed by atoms with Gasteiger partial charge in [0.1, 0.15) is 23.9 Å². The summed E-state index contributed by atoms with van der Waals surface area (Å²) in [5.74, 6) is -0.0939. The maximum absolute atomic E-state index is 12.9. The van der Waals surface area contributed by atoms with Crippen LogP contribution in [-0.2, 0) is 4.74 Å². The van der Waals surface area contributed by atoms with Crippen LogP contribution in [0.5, 0.6) is 5.75 Å². The highest BCUT2D eigenvalue weighted by Crippen LogP contribution is 2.23. The van der Waals surface area contributed by atoms with Crippen LogP contribution in [0.1, 0.15) is 6.92 Å². The normalized spacial score (nSPS) is 10.1. The molecule has 1 aromatic rings. The van der Waals surface area contributed by atoms with Gasteiger partial charge in [0.25, 0.3) is 0 Å². The van der Waals surface area contributed by atoms with Crippen molar-refractivity contribution < 1.29 is 13.9 Å². The molecular formula is C10H14FNO2. The summed E-state index contributed by atoms with van der Waals surface area (Å²) >= 11 is 0. The van der Waals surface area contributed by atoms with Gasteiger partial charge in [-0.25, -0.2) is 4.39 Å². The van der Waals surface area contributed by atoms with Crippen molar-refractivity contribution >= 4 is 5.69 Å². The molecule has 0 saturated heterocycles. The molecule has 0 spiro atoms. The van der Waals surface area contributed by atoms with Gasteiger partial charge in [-0.1, -0.05) is 6.07 Å². The average molecular weight is 199 g/mol. The minimum atomic E-state index is -0.459. The Balaban J connectivity index is 2.46. The number of anilines is 1. The van der Waals surface area contributed by atoms with E-state index in [0.29, 0.717) is 25.6 Å². The predicted octanol–water partition coefficient (Wildman–Crippen LogP) is 1.82. The van der Waals surface area contributed by atoms with Crippen molar-refractivity contribution in [1.82, 2.24) is 0 Å². The summed E-state index contributed by atoms with van der Waals surface area (Å²) in [7, 11) is 0. The maximum atomic E-state index is 12.9. The van der Waals surface area contributed by atoms with E-state index in [1.165, 1.54) is 6.07 Å². The Labute approximate surface area is 82.6 Å². The first-order chi connectivity index (χ1) is 6.75. The van der Waals surface area contributed by atoms with Gasteiger partial charge in [-0.05, 0) is 19.1 Å². The zero-order valence-electron chi connectivity index (χ0n) is 8.13. The monoisotopic (exact) mass is 199 g/mol. The van der Waals surface area contributed by atoms with Gasteiger partial charge in [-0.15, -0.1) is 0 Å². The Morgan fingerprint density at radius 2 is 2.14 bits per heavy atom. The van der Waals surface area contributed by atoms with Crippen molar-refractivity contribution in [3.8, 4) is 5.75 Å². The zero-order chi connectivity index (χ0) is 10.4. The quantitative estimate of drug-likeness (QED) is 0.581. The summed E-state index contributed by atoms with van der Waals surface area (Å²) in [6.45, 7) is 3.40. The number of hydrogen-bond donors (Lipinski definition) is 1. The molecule has 2 N–H and O–H groups in total. The second-order valence-corrected chi connectivity index (χ2v) is 2.70. The van der Waals surface area contributed by atoms with Crippen LogP contribution < -0.4 is 10.5 Å². The van der Waals surface area contributed by atoms with E-state index < -0.39 is 5.82 Å². The lowest BCUT2D eigenvalue weighted by molar-refractivity contribution is 0.110. The van der Waals surface area contributed by atoms with Gasteiger partial charge in [-0.3, -0.25) is 0 Å². The fourth-order valence-electron chi connectivity index (χ4n) is 0.998. The first-order valence-electron chi connectivity index (χ1n) is 4.50. The van der Waals surface area contributed by atoms with Crippen LogP contribution >= 0.6 is 0 Å². The number of nitrogens with two attached hydrogens (primary N) is 1. The van der Waals surface area contributed by atoms with Gasteiger partial charge in [0.2, 0.25) is 0 Å². The Hall–Kier alpha value is -1.29. The molecule has 0 fully saturated rings. The summed E-state index contributed by atoms with van der Waals surface area (Å²) in [5.41, 5.74) is 5.50. The number of para-hydroxylation sites is 1. The fourth-order valence-corrected chi connectivity index (χ4v) is 0.998. The van der Waals surface area contributed by atoms with Gasteiger partial charge < -0.3 is 15.2 Å². The van der Waals surface area contributed by atoms with Gasteiger partial charge >= 0.3 is 0 Å². The molecule has 0 saturated carbocycles. The maximum Gasteiger partial charge on any atom is 0.149 e. The van der Waals surface area contributed by atoms with Crippen molar-refractivity contribution in [1.29, 1.82) is 0 Å². The third-order valence-electron chi connectivity index (χ3n) is 1.70. The molecular weight excluding hydrogens is 185 g/mol. The van der Waals surface area contributed by atoms with Crippen LogP contribution in [0, 0.1) is 5.82 Å². The SMILES string of the molecule is CCOCCOc1cccc(F)c1N. The molecule has 1 rings (SSSR count). The molecule has 3 nitrogen and oxygen atoms in total. The summed E-state index contributed by atoms with van der Waals surface area (Å²) in [4.78, 5) is 0. The smallest absolute Gasteiger partial charge is 0.149 e. The molecule has 0 heterocycles. The lowest BCUT2D eigenvalue weighted by atomic mass is 10.3. The third-order valence-corrected chi connectivity index (χ3v) is 1.70. The van der Waals surface area contributed by atoms with E-state index >= 15 is 0 Å². The van der Waals surface area contributed by atoms with E-state index in [9.17, 15) is 4.39 Å². The number of hydrogen-bond acceptors (Lipinski definition) is 3. The van der Waals surface area contributed by atoms with E-state index in [4.69, 9.17) is 15.2 Å². The second-order valence-electron chi connectivity index (χ2n) is 2.70. The van der Waals surface area contributed by atoms with Gasteiger partial charge in [0.05, 0.1) is 6.61 Å². The highest BCUT2D eigenvalue weighted by molar-refractivity contribution is 5.53. The Kier molecular flexibility index (Phi) is 4.19. The van der Waals surface area contributed by atoms with Gasteiger partial charge in [0.15, 0.2) is 0 Å². The van der Waals surface area contributed by atoms with Crippen LogP contribution in [0.4, 0.5) is 10.1 Å². The molecule has 0 atom stereocenters. The molecule has 0 unspecified atom stereocenters. The number of halogens is 1. The van der Waals surface area contributed by atoms with Crippen molar-refractivity contribution in [3.05, 3.63) is 24.0 Å². The number of nitrogen functional groups attached to an aromatic ring is 1. The molecule has 1 aromatic carbocycles. The molecule has 0 aliphatic carbocycles. The van der Waals surface area contributed by atoms with Crippen LogP contribution in [-0.4, -0.2) is 19.8 Å². The predicted molar refractivity (Wildman–Crippen MR) is 52.8 cm³/mol. The molecule has 14 heavy (non-hydrogen) atoms. The molecule has 0 bridgehead atoms. The second kappa shape index (κ2) is 5.44. The molecule has 0 amide bonds. The van der Waals surface area contributed by atoms with E-state index in [2.05, 4.69) is 0 Å². The minimum absolute atomic E-state index is 0.0454. The largest absolute Gasteiger partial charge is 0.489 e. The Morgan fingerprint density at radius 1 is 1.36 bits per heavy atom. The van der Waals surface area contributed by atoms with Gasteiger partial charge in [0, 0.05) is 6.61 Å². The highest BCUT2D eigenvalue weighted by Gasteiger charge is 2.04. The Morgan fingerprint density at radius 3 is 2.86 bits per heavy atom. The summed E-state index contributed by atoms with van der Waals surface area (Å²) in [6.07, 6.45) is 0. The third kappa shape index (κ3) is 2.88. The first-order valence-corrected chi connectivity index (χ1v) is 4.50.